The Hall–Kier alpha value is -1.53. The second kappa shape index (κ2) is 6.08. The van der Waals surface area contributed by atoms with Gasteiger partial charge >= 0.3 is 0 Å². The Morgan fingerprint density at radius 3 is 2.42 bits per heavy atom. The van der Waals surface area contributed by atoms with Crippen molar-refractivity contribution in [3.8, 4) is 6.07 Å². The third kappa shape index (κ3) is 2.90. The molecule has 0 aliphatic rings. The van der Waals surface area contributed by atoms with Crippen LogP contribution in [-0.4, -0.2) is 4.98 Å². The molecule has 0 aliphatic heterocycles. The van der Waals surface area contributed by atoms with E-state index in [1.165, 1.54) is 0 Å². The van der Waals surface area contributed by atoms with Gasteiger partial charge in [-0.15, -0.1) is 0 Å². The number of hydrogen-bond acceptors (Lipinski definition) is 2. The Balaban J connectivity index is 2.63. The zero-order chi connectivity index (χ0) is 13.8. The molecule has 94 valence electrons. The average Bonchev–Trinajstić information content (AvgIpc) is 2.44. The van der Waals surface area contributed by atoms with Crippen LogP contribution in [-0.2, 0) is 0 Å². The number of benzene rings is 1. The lowest BCUT2D eigenvalue weighted by atomic mass is 10.0. The molecule has 0 radical (unpaired) electrons. The summed E-state index contributed by atoms with van der Waals surface area (Å²) in [5, 5.41) is 10.3. The topological polar surface area (TPSA) is 36.7 Å². The van der Waals surface area contributed by atoms with Gasteiger partial charge in [-0.3, -0.25) is 4.98 Å². The summed E-state index contributed by atoms with van der Waals surface area (Å²) in [5.41, 5.74) is 1.54. The molecule has 0 amide bonds. The van der Waals surface area contributed by atoms with Crippen LogP contribution in [0.1, 0.15) is 11.1 Å². The maximum Gasteiger partial charge on any atom is 0.101 e. The molecule has 1 aromatic heterocycles. The van der Waals surface area contributed by atoms with Gasteiger partial charge in [0.05, 0.1) is 20.7 Å². The maximum atomic E-state index is 9.28. The van der Waals surface area contributed by atoms with Gasteiger partial charge in [0.25, 0.3) is 0 Å². The fourth-order valence-electron chi connectivity index (χ4n) is 1.57. The zero-order valence-corrected chi connectivity index (χ0v) is 11.8. The van der Waals surface area contributed by atoms with Crippen molar-refractivity contribution in [1.29, 1.82) is 5.26 Å². The Kier molecular flexibility index (Phi) is 4.44. The van der Waals surface area contributed by atoms with Gasteiger partial charge in [0, 0.05) is 18.0 Å². The molecule has 0 atom stereocenters. The molecule has 0 N–H and O–H groups in total. The van der Waals surface area contributed by atoms with Crippen LogP contribution in [0.5, 0.6) is 0 Å². The third-order valence-corrected chi connectivity index (χ3v) is 3.70. The Morgan fingerprint density at radius 1 is 1.11 bits per heavy atom. The lowest BCUT2D eigenvalue weighted by molar-refractivity contribution is 1.32. The largest absolute Gasteiger partial charge is 0.265 e. The fraction of sp³-hybridized carbons (Fsp3) is 0. The highest BCUT2D eigenvalue weighted by Gasteiger charge is 2.13. The van der Waals surface area contributed by atoms with Crippen LogP contribution in [0.2, 0.25) is 10.0 Å². The first-order chi connectivity index (χ1) is 9.15. The number of pyridine rings is 1. The molecule has 5 heteroatoms. The monoisotopic (exact) mass is 308 g/mol. The Morgan fingerprint density at radius 2 is 1.79 bits per heavy atom. The van der Waals surface area contributed by atoms with Gasteiger partial charge in [-0.1, -0.05) is 46.9 Å². The van der Waals surface area contributed by atoms with Gasteiger partial charge < -0.3 is 0 Å². The number of nitrogens with zero attached hydrogens (tertiary/aromatic N) is 2. The second-order valence-electron chi connectivity index (χ2n) is 3.64. The molecule has 2 rings (SSSR count). The van der Waals surface area contributed by atoms with Crippen LogP contribution in [0.15, 0.2) is 42.7 Å². The van der Waals surface area contributed by atoms with Gasteiger partial charge in [0.1, 0.15) is 6.07 Å². The minimum atomic E-state index is 0.265. The molecule has 0 saturated heterocycles. The molecule has 1 heterocycles. The number of nitriles is 1. The van der Waals surface area contributed by atoms with Gasteiger partial charge in [-0.25, -0.2) is 0 Å². The van der Waals surface area contributed by atoms with E-state index in [0.29, 0.717) is 26.7 Å². The third-order valence-electron chi connectivity index (χ3n) is 2.49. The second-order valence-corrected chi connectivity index (χ2v) is 4.80. The van der Waals surface area contributed by atoms with Crippen LogP contribution < -0.4 is 0 Å². The van der Waals surface area contributed by atoms with Crippen molar-refractivity contribution in [2.24, 2.45) is 0 Å². The molecule has 0 bridgehead atoms. The molecule has 0 aliphatic carbocycles. The molecule has 0 unspecified atom stereocenters. The molecule has 0 saturated carbocycles. The summed E-state index contributed by atoms with van der Waals surface area (Å²) in [7, 11) is 0. The van der Waals surface area contributed by atoms with Crippen molar-refractivity contribution < 1.29 is 0 Å². The standard InChI is InChI=1S/C14H7Cl3N2/c15-12-3-1-2-10(14(12)17)13(16)11(8-18)9-4-6-19-7-5-9/h1-7H/b13-11-. The van der Waals surface area contributed by atoms with E-state index in [9.17, 15) is 5.26 Å². The van der Waals surface area contributed by atoms with E-state index in [0.717, 1.165) is 0 Å². The molecule has 19 heavy (non-hydrogen) atoms. The molecular formula is C14H7Cl3N2. The van der Waals surface area contributed by atoms with E-state index < -0.39 is 0 Å². The lowest BCUT2D eigenvalue weighted by Crippen LogP contribution is -1.88. The van der Waals surface area contributed by atoms with Gasteiger partial charge in [0.15, 0.2) is 0 Å². The summed E-state index contributed by atoms with van der Waals surface area (Å²) < 4.78 is 0. The summed E-state index contributed by atoms with van der Waals surface area (Å²) in [6.45, 7) is 0. The highest BCUT2D eigenvalue weighted by Crippen LogP contribution is 2.36. The van der Waals surface area contributed by atoms with Crippen molar-refractivity contribution in [2.45, 2.75) is 0 Å². The van der Waals surface area contributed by atoms with E-state index in [-0.39, 0.29) is 5.03 Å². The van der Waals surface area contributed by atoms with Gasteiger partial charge in [0.2, 0.25) is 0 Å². The van der Waals surface area contributed by atoms with Crippen LogP contribution >= 0.6 is 34.8 Å². The summed E-state index contributed by atoms with van der Waals surface area (Å²) >= 11 is 18.3. The Bertz CT molecular complexity index is 673. The first kappa shape index (κ1) is 13.9. The van der Waals surface area contributed by atoms with E-state index in [1.807, 2.05) is 0 Å². The zero-order valence-electron chi connectivity index (χ0n) is 9.57. The molecule has 2 nitrogen and oxygen atoms in total. The molecule has 0 spiro atoms. The smallest absolute Gasteiger partial charge is 0.101 e. The van der Waals surface area contributed by atoms with Crippen molar-refractivity contribution in [1.82, 2.24) is 4.98 Å². The first-order valence-electron chi connectivity index (χ1n) is 5.29. The molecular weight excluding hydrogens is 303 g/mol. The van der Waals surface area contributed by atoms with E-state index in [4.69, 9.17) is 34.8 Å². The highest BCUT2D eigenvalue weighted by atomic mass is 35.5. The minimum absolute atomic E-state index is 0.265. The maximum absolute atomic E-state index is 9.28. The normalized spacial score (nSPS) is 11.7. The van der Waals surface area contributed by atoms with E-state index in [2.05, 4.69) is 11.1 Å². The predicted octanol–water partition coefficient (Wildman–Crippen LogP) is 5.02. The SMILES string of the molecule is N#C/C(=C(/Cl)c1cccc(Cl)c1Cl)c1ccncc1. The summed E-state index contributed by atoms with van der Waals surface area (Å²) in [5.74, 6) is 0. The summed E-state index contributed by atoms with van der Waals surface area (Å²) in [4.78, 5) is 3.90. The molecule has 0 fully saturated rings. The minimum Gasteiger partial charge on any atom is -0.265 e. The van der Waals surface area contributed by atoms with Crippen molar-refractivity contribution in [3.63, 3.8) is 0 Å². The quantitative estimate of drug-likeness (QED) is 0.730. The molecule has 2 aromatic rings. The van der Waals surface area contributed by atoms with Crippen molar-refractivity contribution in [3.05, 3.63) is 63.9 Å². The van der Waals surface area contributed by atoms with Crippen LogP contribution in [0, 0.1) is 11.3 Å². The average molecular weight is 310 g/mol. The predicted molar refractivity (Wildman–Crippen MR) is 79.0 cm³/mol. The first-order valence-corrected chi connectivity index (χ1v) is 6.43. The van der Waals surface area contributed by atoms with E-state index in [1.54, 1.807) is 42.7 Å². The number of allylic oxidation sites excluding steroid dienone is 1. The highest BCUT2D eigenvalue weighted by molar-refractivity contribution is 6.55. The van der Waals surface area contributed by atoms with Crippen LogP contribution in [0.25, 0.3) is 10.6 Å². The number of aromatic nitrogens is 1. The lowest BCUT2D eigenvalue weighted by Gasteiger charge is -2.07. The summed E-state index contributed by atoms with van der Waals surface area (Å²) in [6.07, 6.45) is 3.19. The van der Waals surface area contributed by atoms with E-state index >= 15 is 0 Å². The molecule has 1 aromatic carbocycles. The summed E-state index contributed by atoms with van der Waals surface area (Å²) in [6, 6.07) is 10.6. The van der Waals surface area contributed by atoms with Gasteiger partial charge in [-0.2, -0.15) is 5.26 Å². The van der Waals surface area contributed by atoms with Crippen molar-refractivity contribution >= 4 is 45.4 Å². The fourth-order valence-corrected chi connectivity index (χ4v) is 2.32. The Labute approximate surface area is 125 Å². The van der Waals surface area contributed by atoms with Crippen molar-refractivity contribution in [2.75, 3.05) is 0 Å². The van der Waals surface area contributed by atoms with Crippen LogP contribution in [0.3, 0.4) is 0 Å². The van der Waals surface area contributed by atoms with Crippen LogP contribution in [0.4, 0.5) is 0 Å². The number of rotatable bonds is 2. The number of hydrogen-bond donors (Lipinski definition) is 0. The number of halogens is 3. The van der Waals surface area contributed by atoms with Gasteiger partial charge in [-0.05, 0) is 23.8 Å².